The number of carbonyl (C=O) groups excluding carboxylic acids is 3. The summed E-state index contributed by atoms with van der Waals surface area (Å²) >= 11 is 0. The Balaban J connectivity index is 1.67. The second-order valence-corrected chi connectivity index (χ2v) is 9.12. The molecule has 6 atom stereocenters. The normalized spacial score (nSPS) is 46.0. The second kappa shape index (κ2) is 5.52. The monoisotopic (exact) mass is 344 g/mol. The van der Waals surface area contributed by atoms with Crippen molar-refractivity contribution in [3.63, 3.8) is 0 Å². The topological polar surface area (TPSA) is 60.4 Å². The molecule has 0 amide bonds. The van der Waals surface area contributed by atoms with E-state index >= 15 is 0 Å². The van der Waals surface area contributed by atoms with Crippen LogP contribution in [0.15, 0.2) is 11.6 Å². The van der Waals surface area contributed by atoms with Gasteiger partial charge < -0.3 is 4.74 Å². The van der Waals surface area contributed by atoms with Crippen LogP contribution in [0.3, 0.4) is 0 Å². The van der Waals surface area contributed by atoms with Crippen molar-refractivity contribution in [2.45, 2.75) is 71.8 Å². The number of allylic oxidation sites excluding steroid dienone is 1. The number of hydrogen-bond donors (Lipinski definition) is 0. The number of carbonyl (C=O) groups is 3. The second-order valence-electron chi connectivity index (χ2n) is 9.12. The smallest absolute Gasteiger partial charge is 0.302 e. The maximum absolute atomic E-state index is 13.1. The van der Waals surface area contributed by atoms with Gasteiger partial charge in [0.05, 0.1) is 0 Å². The molecule has 0 aromatic heterocycles. The van der Waals surface area contributed by atoms with Crippen LogP contribution in [0.2, 0.25) is 0 Å². The van der Waals surface area contributed by atoms with Crippen molar-refractivity contribution in [1.29, 1.82) is 0 Å². The van der Waals surface area contributed by atoms with Crippen molar-refractivity contribution in [2.75, 3.05) is 0 Å². The van der Waals surface area contributed by atoms with E-state index in [2.05, 4.69) is 13.8 Å². The summed E-state index contributed by atoms with van der Waals surface area (Å²) in [7, 11) is 0. The van der Waals surface area contributed by atoms with E-state index in [0.717, 1.165) is 32.1 Å². The Bertz CT molecular complexity index is 677. The number of fused-ring (bicyclic) bond motifs is 5. The zero-order valence-corrected chi connectivity index (χ0v) is 15.5. The molecule has 0 N–H and O–H groups in total. The maximum Gasteiger partial charge on any atom is 0.302 e. The molecular formula is C21H28O4. The molecule has 0 aromatic rings. The molecule has 3 saturated carbocycles. The van der Waals surface area contributed by atoms with Crippen LogP contribution in [0.1, 0.15) is 65.7 Å². The Kier molecular flexibility index (Phi) is 3.75. The van der Waals surface area contributed by atoms with Gasteiger partial charge in [-0.25, -0.2) is 0 Å². The van der Waals surface area contributed by atoms with Gasteiger partial charge in [0.2, 0.25) is 0 Å². The zero-order chi connectivity index (χ0) is 18.0. The largest absolute Gasteiger partial charge is 0.462 e. The molecule has 4 rings (SSSR count). The van der Waals surface area contributed by atoms with Crippen LogP contribution in [0.25, 0.3) is 0 Å². The van der Waals surface area contributed by atoms with Gasteiger partial charge in [0.15, 0.2) is 5.78 Å². The molecule has 25 heavy (non-hydrogen) atoms. The number of rotatable bonds is 1. The van der Waals surface area contributed by atoms with E-state index < -0.39 is 0 Å². The van der Waals surface area contributed by atoms with E-state index in [1.165, 1.54) is 12.5 Å². The van der Waals surface area contributed by atoms with E-state index in [9.17, 15) is 14.4 Å². The molecule has 0 heterocycles. The van der Waals surface area contributed by atoms with Crippen molar-refractivity contribution in [2.24, 2.45) is 28.6 Å². The van der Waals surface area contributed by atoms with Crippen LogP contribution < -0.4 is 0 Å². The lowest BCUT2D eigenvalue weighted by Gasteiger charge is -2.55. The summed E-state index contributed by atoms with van der Waals surface area (Å²) in [6, 6.07) is 0. The maximum atomic E-state index is 13.1. The van der Waals surface area contributed by atoms with Crippen LogP contribution in [0.4, 0.5) is 0 Å². The fraction of sp³-hybridized carbons (Fsp3) is 0.762. The number of esters is 1. The number of ether oxygens (including phenoxy) is 1. The summed E-state index contributed by atoms with van der Waals surface area (Å²) in [6.45, 7) is 5.84. The van der Waals surface area contributed by atoms with Gasteiger partial charge in [-0.3, -0.25) is 14.4 Å². The molecule has 0 saturated heterocycles. The molecule has 0 aliphatic heterocycles. The lowest BCUT2D eigenvalue weighted by Crippen LogP contribution is -2.53. The van der Waals surface area contributed by atoms with Gasteiger partial charge in [-0.05, 0) is 55.4 Å². The standard InChI is InChI=1S/C21H28O4/c1-12(22)25-14-6-8-20(2)13(10-14)11-17(23)19-15-4-5-18(24)21(15,3)9-7-16(19)20/h11,14-16,19H,4-10H2,1-3H3/t14-,15-,16+,19-,20-,21-/m0/s1. The summed E-state index contributed by atoms with van der Waals surface area (Å²) in [5.74, 6) is 0.888. The third-order valence-electron chi connectivity index (χ3n) is 7.94. The molecule has 4 aliphatic carbocycles. The Morgan fingerprint density at radius 3 is 2.48 bits per heavy atom. The van der Waals surface area contributed by atoms with Crippen molar-refractivity contribution >= 4 is 17.5 Å². The first-order chi connectivity index (χ1) is 11.8. The highest BCUT2D eigenvalue weighted by atomic mass is 16.5. The molecule has 0 spiro atoms. The van der Waals surface area contributed by atoms with Gasteiger partial charge in [0.1, 0.15) is 11.9 Å². The fourth-order valence-electron chi connectivity index (χ4n) is 6.48. The molecule has 0 bridgehead atoms. The Labute approximate surface area is 149 Å². The summed E-state index contributed by atoms with van der Waals surface area (Å²) in [4.78, 5) is 36.8. The van der Waals surface area contributed by atoms with Gasteiger partial charge in [-0.15, -0.1) is 0 Å². The van der Waals surface area contributed by atoms with Gasteiger partial charge in [0, 0.05) is 31.1 Å². The molecule has 0 unspecified atom stereocenters. The van der Waals surface area contributed by atoms with Crippen molar-refractivity contribution in [1.82, 2.24) is 0 Å². The Hall–Kier alpha value is -1.45. The summed E-state index contributed by atoms with van der Waals surface area (Å²) in [5.41, 5.74) is 0.902. The van der Waals surface area contributed by atoms with Crippen LogP contribution in [-0.4, -0.2) is 23.6 Å². The highest BCUT2D eigenvalue weighted by Gasteiger charge is 2.61. The van der Waals surface area contributed by atoms with Crippen LogP contribution in [0, 0.1) is 28.6 Å². The predicted molar refractivity (Wildman–Crippen MR) is 92.7 cm³/mol. The highest BCUT2D eigenvalue weighted by molar-refractivity contribution is 5.96. The van der Waals surface area contributed by atoms with Gasteiger partial charge >= 0.3 is 5.97 Å². The summed E-state index contributed by atoms with van der Waals surface area (Å²) < 4.78 is 5.42. The van der Waals surface area contributed by atoms with E-state index in [1.807, 2.05) is 6.08 Å². The lowest BCUT2D eigenvalue weighted by molar-refractivity contribution is -0.149. The molecule has 4 nitrogen and oxygen atoms in total. The van der Waals surface area contributed by atoms with Gasteiger partial charge in [-0.1, -0.05) is 19.4 Å². The third-order valence-corrected chi connectivity index (χ3v) is 7.94. The minimum Gasteiger partial charge on any atom is -0.462 e. The van der Waals surface area contributed by atoms with E-state index in [4.69, 9.17) is 4.74 Å². The molecule has 4 heteroatoms. The average molecular weight is 344 g/mol. The first-order valence-corrected chi connectivity index (χ1v) is 9.71. The van der Waals surface area contributed by atoms with Crippen molar-refractivity contribution in [3.05, 3.63) is 11.6 Å². The third kappa shape index (κ3) is 2.36. The van der Waals surface area contributed by atoms with Crippen molar-refractivity contribution < 1.29 is 19.1 Å². The summed E-state index contributed by atoms with van der Waals surface area (Å²) in [5, 5.41) is 0. The fourth-order valence-corrected chi connectivity index (χ4v) is 6.48. The van der Waals surface area contributed by atoms with E-state index in [1.54, 1.807) is 0 Å². The average Bonchev–Trinajstić information content (AvgIpc) is 2.84. The first-order valence-electron chi connectivity index (χ1n) is 9.71. The van der Waals surface area contributed by atoms with Gasteiger partial charge in [0.25, 0.3) is 0 Å². The number of hydrogen-bond acceptors (Lipinski definition) is 4. The highest BCUT2D eigenvalue weighted by Crippen LogP contribution is 2.63. The Morgan fingerprint density at radius 1 is 1.08 bits per heavy atom. The van der Waals surface area contributed by atoms with Crippen LogP contribution in [0.5, 0.6) is 0 Å². The molecule has 4 aliphatic rings. The minimum atomic E-state index is -0.284. The lowest BCUT2D eigenvalue weighted by atomic mass is 9.48. The summed E-state index contributed by atoms with van der Waals surface area (Å²) in [6.07, 6.45) is 7.66. The zero-order valence-electron chi connectivity index (χ0n) is 15.5. The minimum absolute atomic E-state index is 0.00391. The number of ketones is 2. The van der Waals surface area contributed by atoms with Crippen LogP contribution in [-0.2, 0) is 19.1 Å². The SMILES string of the molecule is CC(=O)O[C@H]1CC[C@@]2(C)C(=CC(=O)[C@@H]3[C@H]2CC[C@]2(C)C(=O)CC[C@@H]32)C1. The Morgan fingerprint density at radius 2 is 1.76 bits per heavy atom. The van der Waals surface area contributed by atoms with E-state index in [0.29, 0.717) is 24.5 Å². The predicted octanol–water partition coefficient (Wildman–Crippen LogP) is 3.63. The molecule has 0 aromatic carbocycles. The number of Topliss-reactive ketones (excluding diaryl/α,β-unsaturated/α-hetero) is 1. The van der Waals surface area contributed by atoms with Crippen LogP contribution >= 0.6 is 0 Å². The first kappa shape index (κ1) is 17.0. The van der Waals surface area contributed by atoms with E-state index in [-0.39, 0.29) is 40.5 Å². The quantitative estimate of drug-likeness (QED) is 0.682. The molecular weight excluding hydrogens is 316 g/mol. The van der Waals surface area contributed by atoms with Crippen molar-refractivity contribution in [3.8, 4) is 0 Å². The molecule has 3 fully saturated rings. The molecule has 0 radical (unpaired) electrons. The molecule has 136 valence electrons. The van der Waals surface area contributed by atoms with Gasteiger partial charge in [-0.2, -0.15) is 0 Å².